The van der Waals surface area contributed by atoms with Gasteiger partial charge in [0.15, 0.2) is 0 Å². The van der Waals surface area contributed by atoms with E-state index in [0.29, 0.717) is 29.6 Å². The fraction of sp³-hybridized carbons (Fsp3) is 0.0952. The van der Waals surface area contributed by atoms with Gasteiger partial charge in [-0.05, 0) is 52.3 Å². The highest BCUT2D eigenvalue weighted by Crippen LogP contribution is 2.34. The van der Waals surface area contributed by atoms with Crippen LogP contribution in [0.3, 0.4) is 0 Å². The van der Waals surface area contributed by atoms with Gasteiger partial charge >= 0.3 is 5.97 Å². The summed E-state index contributed by atoms with van der Waals surface area (Å²) >= 11 is 13.3. The van der Waals surface area contributed by atoms with E-state index >= 15 is 0 Å². The van der Waals surface area contributed by atoms with Crippen LogP contribution in [0.5, 0.6) is 5.75 Å². The van der Waals surface area contributed by atoms with Crippen LogP contribution >= 0.6 is 43.5 Å². The summed E-state index contributed by atoms with van der Waals surface area (Å²) in [5.41, 5.74) is 2.75. The van der Waals surface area contributed by atoms with Crippen LogP contribution in [0.15, 0.2) is 69.6 Å². The SMILES string of the molecule is O=C(O)c1cccc(NCc2cc(Br)cc(Br)c2OCc2ccccc2Cl)c1. The molecule has 2 N–H and O–H groups in total. The summed E-state index contributed by atoms with van der Waals surface area (Å²) in [6.07, 6.45) is 0. The molecule has 0 heterocycles. The second-order valence-electron chi connectivity index (χ2n) is 6.00. The van der Waals surface area contributed by atoms with Crippen molar-refractivity contribution >= 4 is 55.1 Å². The zero-order valence-electron chi connectivity index (χ0n) is 14.6. The van der Waals surface area contributed by atoms with Gasteiger partial charge in [0, 0.05) is 32.9 Å². The van der Waals surface area contributed by atoms with Crippen LogP contribution in [0, 0.1) is 0 Å². The molecule has 0 bridgehead atoms. The lowest BCUT2D eigenvalue weighted by molar-refractivity contribution is 0.0697. The number of rotatable bonds is 7. The molecule has 0 spiro atoms. The molecule has 0 unspecified atom stereocenters. The molecule has 144 valence electrons. The molecule has 0 atom stereocenters. The van der Waals surface area contributed by atoms with Gasteiger partial charge in [0.1, 0.15) is 12.4 Å². The number of halogens is 3. The number of carbonyl (C=O) groups is 1. The third-order valence-electron chi connectivity index (χ3n) is 4.01. The summed E-state index contributed by atoms with van der Waals surface area (Å²) in [7, 11) is 0. The standard InChI is InChI=1S/C21H16Br2ClNO3/c22-16-8-15(11-25-17-6-3-5-13(9-17)21(26)27)20(18(23)10-16)28-12-14-4-1-2-7-19(14)24/h1-10,25H,11-12H2,(H,26,27). The van der Waals surface area contributed by atoms with Crippen LogP contribution in [-0.2, 0) is 13.2 Å². The normalized spacial score (nSPS) is 10.5. The number of nitrogens with one attached hydrogen (secondary N) is 1. The quantitative estimate of drug-likeness (QED) is 0.358. The molecule has 0 aromatic heterocycles. The largest absolute Gasteiger partial charge is 0.487 e. The summed E-state index contributed by atoms with van der Waals surface area (Å²) in [4.78, 5) is 11.1. The Morgan fingerprint density at radius 3 is 2.57 bits per heavy atom. The first kappa shape index (κ1) is 20.7. The van der Waals surface area contributed by atoms with Crippen molar-refractivity contribution in [2.24, 2.45) is 0 Å². The van der Waals surface area contributed by atoms with Gasteiger partial charge in [0.25, 0.3) is 0 Å². The minimum absolute atomic E-state index is 0.232. The van der Waals surface area contributed by atoms with E-state index < -0.39 is 5.97 Å². The van der Waals surface area contributed by atoms with Gasteiger partial charge in [-0.1, -0.05) is 51.8 Å². The average Bonchev–Trinajstić information content (AvgIpc) is 2.67. The van der Waals surface area contributed by atoms with E-state index in [1.165, 1.54) is 0 Å². The Balaban J connectivity index is 1.79. The molecule has 3 rings (SSSR count). The second kappa shape index (κ2) is 9.45. The van der Waals surface area contributed by atoms with Gasteiger partial charge in [0.05, 0.1) is 10.0 Å². The van der Waals surface area contributed by atoms with Crippen molar-refractivity contribution in [3.05, 3.63) is 91.3 Å². The second-order valence-corrected chi connectivity index (χ2v) is 8.17. The van der Waals surface area contributed by atoms with Crippen LogP contribution in [0.2, 0.25) is 5.02 Å². The van der Waals surface area contributed by atoms with Gasteiger partial charge in [0.2, 0.25) is 0 Å². The van der Waals surface area contributed by atoms with Crippen LogP contribution in [-0.4, -0.2) is 11.1 Å². The Bertz CT molecular complexity index is 1010. The van der Waals surface area contributed by atoms with Crippen molar-refractivity contribution in [3.63, 3.8) is 0 Å². The Morgan fingerprint density at radius 2 is 1.82 bits per heavy atom. The summed E-state index contributed by atoms with van der Waals surface area (Å²) in [5.74, 6) is -0.261. The van der Waals surface area contributed by atoms with Crippen molar-refractivity contribution in [1.29, 1.82) is 0 Å². The highest BCUT2D eigenvalue weighted by Gasteiger charge is 2.12. The molecule has 0 aliphatic rings. The summed E-state index contributed by atoms with van der Waals surface area (Å²) in [6.45, 7) is 0.792. The van der Waals surface area contributed by atoms with Gasteiger partial charge < -0.3 is 15.2 Å². The Kier molecular flexibility index (Phi) is 6.99. The molecular formula is C21H16Br2ClNO3. The molecule has 3 aromatic carbocycles. The van der Waals surface area contributed by atoms with E-state index in [2.05, 4.69) is 37.2 Å². The van der Waals surface area contributed by atoms with Crippen LogP contribution < -0.4 is 10.1 Å². The number of aromatic carboxylic acids is 1. The summed E-state index contributed by atoms with van der Waals surface area (Å²) in [5, 5.41) is 13.0. The van der Waals surface area contributed by atoms with Crippen molar-refractivity contribution in [3.8, 4) is 5.75 Å². The fourth-order valence-corrected chi connectivity index (χ4v) is 4.25. The third-order valence-corrected chi connectivity index (χ3v) is 5.42. The molecule has 0 radical (unpaired) electrons. The Morgan fingerprint density at radius 1 is 1.04 bits per heavy atom. The first-order chi connectivity index (χ1) is 13.4. The Hall–Kier alpha value is -2.02. The lowest BCUT2D eigenvalue weighted by Crippen LogP contribution is -2.06. The van der Waals surface area contributed by atoms with Crippen LogP contribution in [0.1, 0.15) is 21.5 Å². The number of carboxylic acids is 1. The monoisotopic (exact) mass is 523 g/mol. The molecule has 28 heavy (non-hydrogen) atoms. The third kappa shape index (κ3) is 5.28. The molecule has 0 aliphatic carbocycles. The molecule has 0 aliphatic heterocycles. The maximum Gasteiger partial charge on any atom is 0.335 e. The average molecular weight is 526 g/mol. The van der Waals surface area contributed by atoms with E-state index in [0.717, 1.165) is 20.1 Å². The predicted octanol–water partition coefficient (Wildman–Crippen LogP) is 6.75. The highest BCUT2D eigenvalue weighted by molar-refractivity contribution is 9.11. The number of carboxylic acid groups (broad SMARTS) is 1. The van der Waals surface area contributed by atoms with E-state index in [4.69, 9.17) is 21.4 Å². The smallest absolute Gasteiger partial charge is 0.335 e. The van der Waals surface area contributed by atoms with Crippen molar-refractivity contribution in [2.45, 2.75) is 13.2 Å². The van der Waals surface area contributed by atoms with Crippen LogP contribution in [0.25, 0.3) is 0 Å². The van der Waals surface area contributed by atoms with E-state index in [9.17, 15) is 4.79 Å². The molecular weight excluding hydrogens is 509 g/mol. The minimum Gasteiger partial charge on any atom is -0.487 e. The molecule has 3 aromatic rings. The number of hydrogen-bond acceptors (Lipinski definition) is 3. The number of benzene rings is 3. The number of hydrogen-bond donors (Lipinski definition) is 2. The molecule has 0 saturated carbocycles. The molecule has 0 fully saturated rings. The van der Waals surface area contributed by atoms with Gasteiger partial charge in [-0.3, -0.25) is 0 Å². The zero-order valence-corrected chi connectivity index (χ0v) is 18.5. The van der Waals surface area contributed by atoms with E-state index in [-0.39, 0.29) is 5.56 Å². The van der Waals surface area contributed by atoms with Gasteiger partial charge in [-0.15, -0.1) is 0 Å². The molecule has 4 nitrogen and oxygen atoms in total. The first-order valence-corrected chi connectivity index (χ1v) is 10.3. The molecule has 7 heteroatoms. The van der Waals surface area contributed by atoms with Gasteiger partial charge in [-0.2, -0.15) is 0 Å². The van der Waals surface area contributed by atoms with Crippen molar-refractivity contribution < 1.29 is 14.6 Å². The first-order valence-electron chi connectivity index (χ1n) is 8.35. The number of anilines is 1. The summed E-state index contributed by atoms with van der Waals surface area (Å²) < 4.78 is 7.77. The van der Waals surface area contributed by atoms with Crippen LogP contribution in [0.4, 0.5) is 5.69 Å². The van der Waals surface area contributed by atoms with E-state index in [1.807, 2.05) is 42.5 Å². The Labute approximate surface area is 184 Å². The summed E-state index contributed by atoms with van der Waals surface area (Å²) in [6, 6.07) is 18.1. The van der Waals surface area contributed by atoms with Crippen molar-refractivity contribution in [1.82, 2.24) is 0 Å². The predicted molar refractivity (Wildman–Crippen MR) is 118 cm³/mol. The van der Waals surface area contributed by atoms with Crippen molar-refractivity contribution in [2.75, 3.05) is 5.32 Å². The molecule has 0 amide bonds. The lowest BCUT2D eigenvalue weighted by Gasteiger charge is -2.16. The topological polar surface area (TPSA) is 58.6 Å². The highest BCUT2D eigenvalue weighted by atomic mass is 79.9. The fourth-order valence-electron chi connectivity index (χ4n) is 2.63. The maximum atomic E-state index is 11.1. The molecule has 0 saturated heterocycles. The van der Waals surface area contributed by atoms with E-state index in [1.54, 1.807) is 18.2 Å². The number of ether oxygens (including phenoxy) is 1. The maximum absolute atomic E-state index is 11.1. The van der Waals surface area contributed by atoms with Gasteiger partial charge in [-0.25, -0.2) is 4.79 Å². The minimum atomic E-state index is -0.961. The lowest BCUT2D eigenvalue weighted by atomic mass is 10.1. The zero-order chi connectivity index (χ0) is 20.1.